The Hall–Kier alpha value is -2.15. The smallest absolute Gasteiger partial charge is 0.228 e. The van der Waals surface area contributed by atoms with Gasteiger partial charge in [-0.25, -0.2) is 4.98 Å². The summed E-state index contributed by atoms with van der Waals surface area (Å²) in [6, 6.07) is 10.8. The second-order valence-corrected chi connectivity index (χ2v) is 6.48. The molecule has 1 aromatic heterocycles. The first-order valence-corrected chi connectivity index (χ1v) is 9.00. The van der Waals surface area contributed by atoms with Crippen LogP contribution in [0.3, 0.4) is 0 Å². The lowest BCUT2D eigenvalue weighted by molar-refractivity contribution is -0.115. The van der Waals surface area contributed by atoms with Gasteiger partial charge in [0.25, 0.3) is 0 Å². The van der Waals surface area contributed by atoms with Crippen LogP contribution in [-0.2, 0) is 16.0 Å². The van der Waals surface area contributed by atoms with Crippen molar-refractivity contribution in [1.82, 2.24) is 9.88 Å². The highest BCUT2D eigenvalue weighted by Crippen LogP contribution is 2.14. The Bertz CT molecular complexity index is 701. The van der Waals surface area contributed by atoms with Gasteiger partial charge in [0, 0.05) is 30.7 Å². The molecule has 1 N–H and O–H groups in total. The van der Waals surface area contributed by atoms with Gasteiger partial charge in [-0.3, -0.25) is 9.69 Å². The number of halogens is 1. The van der Waals surface area contributed by atoms with Crippen LogP contribution >= 0.6 is 11.6 Å². The summed E-state index contributed by atoms with van der Waals surface area (Å²) in [7, 11) is 0. The molecule has 0 unspecified atom stereocenters. The zero-order valence-corrected chi connectivity index (χ0v) is 15.2. The highest BCUT2D eigenvalue weighted by molar-refractivity contribution is 6.30. The van der Waals surface area contributed by atoms with Crippen LogP contribution in [0, 0.1) is 0 Å². The van der Waals surface area contributed by atoms with Crippen LogP contribution < -0.4 is 10.1 Å². The lowest BCUT2D eigenvalue weighted by Gasteiger charge is -2.26. The van der Waals surface area contributed by atoms with Crippen molar-refractivity contribution in [1.29, 1.82) is 0 Å². The van der Waals surface area contributed by atoms with E-state index in [1.807, 2.05) is 12.1 Å². The standard InChI is InChI=1S/C19H22ClN3O3/c20-16-3-1-15(2-4-16)13-18(24)22-17-5-6-19(21-14-17)26-12-9-23-7-10-25-11-8-23/h1-6,14H,7-13H2,(H,22,24). The molecule has 0 aliphatic carbocycles. The number of nitrogens with one attached hydrogen (secondary N) is 1. The highest BCUT2D eigenvalue weighted by Gasteiger charge is 2.10. The molecule has 2 aromatic rings. The number of pyridine rings is 1. The number of nitrogens with zero attached hydrogens (tertiary/aromatic N) is 2. The summed E-state index contributed by atoms with van der Waals surface area (Å²) in [5.41, 5.74) is 1.55. The third-order valence-electron chi connectivity index (χ3n) is 4.06. The summed E-state index contributed by atoms with van der Waals surface area (Å²) in [6.07, 6.45) is 1.89. The minimum atomic E-state index is -0.102. The Morgan fingerprint density at radius 1 is 1.19 bits per heavy atom. The minimum Gasteiger partial charge on any atom is -0.476 e. The minimum absolute atomic E-state index is 0.102. The van der Waals surface area contributed by atoms with Crippen LogP contribution in [0.2, 0.25) is 5.02 Å². The number of ether oxygens (including phenoxy) is 2. The number of aromatic nitrogens is 1. The Morgan fingerprint density at radius 2 is 1.96 bits per heavy atom. The van der Waals surface area contributed by atoms with Gasteiger partial charge in [-0.2, -0.15) is 0 Å². The summed E-state index contributed by atoms with van der Waals surface area (Å²) in [4.78, 5) is 18.6. The molecule has 2 heterocycles. The van der Waals surface area contributed by atoms with Crippen LogP contribution in [0.4, 0.5) is 5.69 Å². The quantitative estimate of drug-likeness (QED) is 0.806. The van der Waals surface area contributed by atoms with Crippen molar-refractivity contribution in [2.24, 2.45) is 0 Å². The fourth-order valence-corrected chi connectivity index (χ4v) is 2.76. The van der Waals surface area contributed by atoms with Crippen molar-refractivity contribution in [3.63, 3.8) is 0 Å². The second kappa shape index (κ2) is 9.52. The number of hydrogen-bond acceptors (Lipinski definition) is 5. The molecule has 138 valence electrons. The number of amides is 1. The van der Waals surface area contributed by atoms with Crippen molar-refractivity contribution in [3.8, 4) is 5.88 Å². The number of carbonyl (C=O) groups excluding carboxylic acids is 1. The highest BCUT2D eigenvalue weighted by atomic mass is 35.5. The van der Waals surface area contributed by atoms with Gasteiger partial charge in [-0.05, 0) is 23.8 Å². The van der Waals surface area contributed by atoms with E-state index in [2.05, 4.69) is 15.2 Å². The van der Waals surface area contributed by atoms with Crippen molar-refractivity contribution < 1.29 is 14.3 Å². The van der Waals surface area contributed by atoms with E-state index in [0.717, 1.165) is 38.4 Å². The Morgan fingerprint density at radius 3 is 2.65 bits per heavy atom. The Kier molecular flexibility index (Phi) is 6.82. The number of anilines is 1. The first kappa shape index (κ1) is 18.6. The average Bonchev–Trinajstić information content (AvgIpc) is 2.66. The van der Waals surface area contributed by atoms with E-state index in [9.17, 15) is 4.79 Å². The molecular weight excluding hydrogens is 354 g/mol. The molecule has 0 bridgehead atoms. The van der Waals surface area contributed by atoms with Crippen molar-refractivity contribution in [3.05, 3.63) is 53.2 Å². The van der Waals surface area contributed by atoms with E-state index in [4.69, 9.17) is 21.1 Å². The Labute approximate surface area is 158 Å². The molecule has 1 fully saturated rings. The topological polar surface area (TPSA) is 63.7 Å². The predicted molar refractivity (Wildman–Crippen MR) is 101 cm³/mol. The third-order valence-corrected chi connectivity index (χ3v) is 4.31. The molecule has 26 heavy (non-hydrogen) atoms. The van der Waals surface area contributed by atoms with Crippen molar-refractivity contribution in [2.75, 3.05) is 44.8 Å². The number of carbonyl (C=O) groups is 1. The van der Waals surface area contributed by atoms with Gasteiger partial charge in [-0.15, -0.1) is 0 Å². The first-order chi connectivity index (χ1) is 12.7. The second-order valence-electron chi connectivity index (χ2n) is 6.04. The molecule has 0 spiro atoms. The summed E-state index contributed by atoms with van der Waals surface area (Å²) in [6.45, 7) is 4.87. The maximum atomic E-state index is 12.1. The van der Waals surface area contributed by atoms with Crippen LogP contribution in [0.15, 0.2) is 42.6 Å². The molecule has 0 saturated carbocycles. The van der Waals surface area contributed by atoms with Gasteiger partial charge >= 0.3 is 0 Å². The van der Waals surface area contributed by atoms with E-state index < -0.39 is 0 Å². The molecular formula is C19H22ClN3O3. The molecule has 1 saturated heterocycles. The monoisotopic (exact) mass is 375 g/mol. The van der Waals surface area contributed by atoms with E-state index in [1.165, 1.54) is 0 Å². The third kappa shape index (κ3) is 5.98. The maximum Gasteiger partial charge on any atom is 0.228 e. The molecule has 7 heteroatoms. The molecule has 0 radical (unpaired) electrons. The van der Waals surface area contributed by atoms with Gasteiger partial charge in [0.1, 0.15) is 6.61 Å². The zero-order chi connectivity index (χ0) is 18.2. The SMILES string of the molecule is O=C(Cc1ccc(Cl)cc1)Nc1ccc(OCCN2CCOCC2)nc1. The normalized spacial score (nSPS) is 14.8. The lowest BCUT2D eigenvalue weighted by Crippen LogP contribution is -2.38. The summed E-state index contributed by atoms with van der Waals surface area (Å²) in [5, 5.41) is 3.48. The number of morpholine rings is 1. The van der Waals surface area contributed by atoms with E-state index in [-0.39, 0.29) is 12.3 Å². The van der Waals surface area contributed by atoms with Gasteiger partial charge in [0.15, 0.2) is 0 Å². The molecule has 6 nitrogen and oxygen atoms in total. The van der Waals surface area contributed by atoms with Gasteiger partial charge < -0.3 is 14.8 Å². The average molecular weight is 376 g/mol. The fourth-order valence-electron chi connectivity index (χ4n) is 2.64. The van der Waals surface area contributed by atoms with Gasteiger partial charge in [-0.1, -0.05) is 23.7 Å². The Balaban J connectivity index is 1.41. The summed E-state index contributed by atoms with van der Waals surface area (Å²) in [5.74, 6) is 0.448. The molecule has 1 aliphatic heterocycles. The number of benzene rings is 1. The molecule has 0 atom stereocenters. The molecule has 1 aliphatic rings. The molecule has 3 rings (SSSR count). The maximum absolute atomic E-state index is 12.1. The fraction of sp³-hybridized carbons (Fsp3) is 0.368. The number of rotatable bonds is 7. The summed E-state index contributed by atoms with van der Waals surface area (Å²) < 4.78 is 11.0. The van der Waals surface area contributed by atoms with Crippen molar-refractivity contribution in [2.45, 2.75) is 6.42 Å². The molecule has 1 amide bonds. The zero-order valence-electron chi connectivity index (χ0n) is 14.5. The molecule has 1 aromatic carbocycles. The van der Waals surface area contributed by atoms with E-state index >= 15 is 0 Å². The van der Waals surface area contributed by atoms with Crippen LogP contribution in [0.1, 0.15) is 5.56 Å². The predicted octanol–water partition coefficient (Wildman–Crippen LogP) is 2.63. The van der Waals surface area contributed by atoms with E-state index in [1.54, 1.807) is 30.5 Å². The lowest BCUT2D eigenvalue weighted by atomic mass is 10.1. The summed E-state index contributed by atoms with van der Waals surface area (Å²) >= 11 is 5.84. The first-order valence-electron chi connectivity index (χ1n) is 8.62. The van der Waals surface area contributed by atoms with Crippen LogP contribution in [0.25, 0.3) is 0 Å². The largest absolute Gasteiger partial charge is 0.476 e. The number of hydrogen-bond donors (Lipinski definition) is 1. The van der Waals surface area contributed by atoms with E-state index in [0.29, 0.717) is 23.2 Å². The van der Waals surface area contributed by atoms with Gasteiger partial charge in [0.2, 0.25) is 11.8 Å². The van der Waals surface area contributed by atoms with Crippen LogP contribution in [-0.4, -0.2) is 55.2 Å². The van der Waals surface area contributed by atoms with Gasteiger partial charge in [0.05, 0.1) is 31.5 Å². The van der Waals surface area contributed by atoms with Crippen LogP contribution in [0.5, 0.6) is 5.88 Å². The van der Waals surface area contributed by atoms with Crippen molar-refractivity contribution >= 4 is 23.2 Å².